The molecule has 0 aromatic heterocycles. The zero-order chi connectivity index (χ0) is 6.48. The third-order valence-corrected chi connectivity index (χ3v) is 2.64. The van der Waals surface area contributed by atoms with Crippen molar-refractivity contribution in [3.05, 3.63) is 0 Å². The number of carbonyl (C=O) groups excluding carboxylic acids is 1. The van der Waals surface area contributed by atoms with E-state index < -0.39 is 0 Å². The molecule has 1 amide bonds. The maximum atomic E-state index is 10.9. The number of amides is 1. The van der Waals surface area contributed by atoms with E-state index in [2.05, 4.69) is 5.32 Å². The predicted molar refractivity (Wildman–Crippen MR) is 33.8 cm³/mol. The van der Waals surface area contributed by atoms with Crippen molar-refractivity contribution in [3.63, 3.8) is 0 Å². The van der Waals surface area contributed by atoms with Crippen LogP contribution in [-0.2, 0) is 4.79 Å². The molecule has 2 fully saturated rings. The summed E-state index contributed by atoms with van der Waals surface area (Å²) in [4.78, 5) is 10.9. The van der Waals surface area contributed by atoms with Crippen LogP contribution in [0.3, 0.4) is 0 Å². The first-order valence-corrected chi connectivity index (χ1v) is 3.50. The Morgan fingerprint density at radius 2 is 2.33 bits per heavy atom. The van der Waals surface area contributed by atoms with Gasteiger partial charge in [0.05, 0.1) is 0 Å². The molecule has 2 aliphatic carbocycles. The van der Waals surface area contributed by atoms with Gasteiger partial charge >= 0.3 is 0 Å². The lowest BCUT2D eigenvalue weighted by molar-refractivity contribution is -0.122. The van der Waals surface area contributed by atoms with Crippen LogP contribution in [0.1, 0.15) is 19.3 Å². The zero-order valence-corrected chi connectivity index (χ0v) is 5.61. The molecule has 0 saturated heterocycles. The van der Waals surface area contributed by atoms with Gasteiger partial charge in [0.1, 0.15) is 0 Å². The maximum Gasteiger partial charge on any atom is 0.223 e. The fraction of sp³-hybridized carbons (Fsp3) is 0.857. The smallest absolute Gasteiger partial charge is 0.223 e. The Balaban J connectivity index is 1.96. The third-order valence-electron chi connectivity index (χ3n) is 2.64. The molecule has 0 bridgehead atoms. The largest absolute Gasteiger partial charge is 0.359 e. The minimum Gasteiger partial charge on any atom is -0.359 e. The molecule has 1 spiro atoms. The fourth-order valence-corrected chi connectivity index (χ4v) is 1.61. The molecule has 1 N–H and O–H groups in total. The van der Waals surface area contributed by atoms with E-state index in [0.717, 1.165) is 6.42 Å². The van der Waals surface area contributed by atoms with Gasteiger partial charge in [0.25, 0.3) is 0 Å². The summed E-state index contributed by atoms with van der Waals surface area (Å²) in [5.74, 6) is 0.648. The molecular formula is C7H11NO. The van der Waals surface area contributed by atoms with Gasteiger partial charge in [0, 0.05) is 13.0 Å². The lowest BCUT2D eigenvalue weighted by Gasteiger charge is -1.93. The molecule has 0 aromatic rings. The van der Waals surface area contributed by atoms with E-state index >= 15 is 0 Å². The number of nitrogens with one attached hydrogen (secondary N) is 1. The average molecular weight is 125 g/mol. The van der Waals surface area contributed by atoms with Crippen molar-refractivity contribution in [3.8, 4) is 0 Å². The summed E-state index contributed by atoms with van der Waals surface area (Å²) in [5.41, 5.74) is 0.528. The minimum atomic E-state index is 0.257. The van der Waals surface area contributed by atoms with Crippen LogP contribution >= 0.6 is 0 Å². The quantitative estimate of drug-likeness (QED) is 0.544. The van der Waals surface area contributed by atoms with Gasteiger partial charge in [0.2, 0.25) is 5.91 Å². The summed E-state index contributed by atoms with van der Waals surface area (Å²) >= 11 is 0. The zero-order valence-electron chi connectivity index (χ0n) is 5.61. The highest BCUT2D eigenvalue weighted by atomic mass is 16.2. The number of rotatable bonds is 1. The second kappa shape index (κ2) is 1.31. The van der Waals surface area contributed by atoms with Crippen molar-refractivity contribution < 1.29 is 4.79 Å². The molecule has 0 aromatic carbocycles. The number of carbonyl (C=O) groups is 1. The van der Waals surface area contributed by atoms with Crippen molar-refractivity contribution in [2.45, 2.75) is 19.3 Å². The van der Waals surface area contributed by atoms with Gasteiger partial charge < -0.3 is 5.32 Å². The van der Waals surface area contributed by atoms with Crippen LogP contribution < -0.4 is 5.32 Å². The summed E-state index contributed by atoms with van der Waals surface area (Å²) in [5, 5.41) is 2.68. The molecule has 9 heavy (non-hydrogen) atoms. The molecule has 0 radical (unpaired) electrons. The summed E-state index contributed by atoms with van der Waals surface area (Å²) in [6, 6.07) is 0. The van der Waals surface area contributed by atoms with Crippen LogP contribution in [0.2, 0.25) is 0 Å². The van der Waals surface area contributed by atoms with E-state index in [-0.39, 0.29) is 5.91 Å². The minimum absolute atomic E-state index is 0.257. The molecular weight excluding hydrogens is 114 g/mol. The molecule has 0 heterocycles. The van der Waals surface area contributed by atoms with E-state index in [1.54, 1.807) is 7.05 Å². The summed E-state index contributed by atoms with van der Waals surface area (Å²) in [6.45, 7) is 0. The van der Waals surface area contributed by atoms with Crippen LogP contribution in [0.4, 0.5) is 0 Å². The van der Waals surface area contributed by atoms with Crippen LogP contribution in [0.5, 0.6) is 0 Å². The lowest BCUT2D eigenvalue weighted by Crippen LogP contribution is -2.20. The molecule has 2 rings (SSSR count). The van der Waals surface area contributed by atoms with Crippen LogP contribution in [-0.4, -0.2) is 13.0 Å². The maximum absolute atomic E-state index is 10.9. The first kappa shape index (κ1) is 5.27. The average Bonchev–Trinajstić information content (AvgIpc) is 2.74. The van der Waals surface area contributed by atoms with Crippen LogP contribution in [0.15, 0.2) is 0 Å². The molecule has 2 heteroatoms. The molecule has 1 atom stereocenters. The number of hydrogen-bond acceptors (Lipinski definition) is 1. The molecule has 50 valence electrons. The van der Waals surface area contributed by atoms with E-state index in [4.69, 9.17) is 0 Å². The number of hydrogen-bond donors (Lipinski definition) is 1. The topological polar surface area (TPSA) is 29.1 Å². The predicted octanol–water partition coefficient (Wildman–Crippen LogP) is 0.532. The normalized spacial score (nSPS) is 34.1. The SMILES string of the molecule is CNC(=O)C1CC12CC2. The van der Waals surface area contributed by atoms with Crippen molar-refractivity contribution in [2.75, 3.05) is 7.05 Å². The Labute approximate surface area is 54.6 Å². The van der Waals surface area contributed by atoms with E-state index in [0.29, 0.717) is 11.3 Å². The molecule has 2 nitrogen and oxygen atoms in total. The first-order valence-electron chi connectivity index (χ1n) is 3.50. The molecule has 2 aliphatic rings. The van der Waals surface area contributed by atoms with Gasteiger partial charge in [-0.3, -0.25) is 4.79 Å². The van der Waals surface area contributed by atoms with Crippen LogP contribution in [0, 0.1) is 11.3 Å². The van der Waals surface area contributed by atoms with Gasteiger partial charge in [-0.05, 0) is 24.7 Å². The van der Waals surface area contributed by atoms with Gasteiger partial charge in [-0.15, -0.1) is 0 Å². The van der Waals surface area contributed by atoms with Crippen LogP contribution in [0.25, 0.3) is 0 Å². The van der Waals surface area contributed by atoms with Crippen molar-refractivity contribution >= 4 is 5.91 Å². The molecule has 1 unspecified atom stereocenters. The van der Waals surface area contributed by atoms with E-state index in [1.807, 2.05) is 0 Å². The third kappa shape index (κ3) is 0.590. The summed E-state index contributed by atoms with van der Waals surface area (Å²) in [6.07, 6.45) is 3.75. The van der Waals surface area contributed by atoms with Crippen molar-refractivity contribution in [1.29, 1.82) is 0 Å². The lowest BCUT2D eigenvalue weighted by atomic mass is 10.3. The standard InChI is InChI=1S/C7H11NO/c1-8-6(9)5-4-7(5)2-3-7/h5H,2-4H2,1H3,(H,8,9). The van der Waals surface area contributed by atoms with Gasteiger partial charge in [-0.2, -0.15) is 0 Å². The second-order valence-electron chi connectivity index (χ2n) is 3.23. The van der Waals surface area contributed by atoms with E-state index in [1.165, 1.54) is 12.8 Å². The summed E-state index contributed by atoms with van der Waals surface area (Å²) in [7, 11) is 1.72. The highest BCUT2D eigenvalue weighted by Crippen LogP contribution is 2.70. The second-order valence-corrected chi connectivity index (χ2v) is 3.23. The Bertz CT molecular complexity index is 160. The molecule has 0 aliphatic heterocycles. The van der Waals surface area contributed by atoms with E-state index in [9.17, 15) is 4.79 Å². The summed E-state index contributed by atoms with van der Waals surface area (Å²) < 4.78 is 0. The van der Waals surface area contributed by atoms with Gasteiger partial charge in [0.15, 0.2) is 0 Å². The highest BCUT2D eigenvalue weighted by Gasteiger charge is 2.65. The highest BCUT2D eigenvalue weighted by molar-refractivity contribution is 5.83. The van der Waals surface area contributed by atoms with Crippen molar-refractivity contribution in [1.82, 2.24) is 5.32 Å². The monoisotopic (exact) mass is 125 g/mol. The first-order chi connectivity index (χ1) is 4.28. The Kier molecular flexibility index (Phi) is 0.765. The van der Waals surface area contributed by atoms with Gasteiger partial charge in [-0.1, -0.05) is 0 Å². The fourth-order valence-electron chi connectivity index (χ4n) is 1.61. The molecule has 2 saturated carbocycles. The van der Waals surface area contributed by atoms with Crippen molar-refractivity contribution in [2.24, 2.45) is 11.3 Å². The Morgan fingerprint density at radius 1 is 1.67 bits per heavy atom. The Morgan fingerprint density at radius 3 is 2.67 bits per heavy atom. The van der Waals surface area contributed by atoms with Gasteiger partial charge in [-0.25, -0.2) is 0 Å². The Hall–Kier alpha value is -0.530.